The molecule has 148 valence electrons. The molecule has 28 heavy (non-hydrogen) atoms. The third kappa shape index (κ3) is 3.92. The lowest BCUT2D eigenvalue weighted by Gasteiger charge is -2.32. The summed E-state index contributed by atoms with van der Waals surface area (Å²) in [6.07, 6.45) is 3.59. The van der Waals surface area contributed by atoms with E-state index in [0.29, 0.717) is 41.2 Å². The molecule has 0 spiro atoms. The number of hydrogen-bond acceptors (Lipinski definition) is 4. The van der Waals surface area contributed by atoms with E-state index in [2.05, 4.69) is 4.98 Å². The van der Waals surface area contributed by atoms with Crippen LogP contribution < -0.4 is 0 Å². The summed E-state index contributed by atoms with van der Waals surface area (Å²) in [6.45, 7) is 6.15. The van der Waals surface area contributed by atoms with Crippen molar-refractivity contribution in [2.75, 3.05) is 19.3 Å². The van der Waals surface area contributed by atoms with Crippen LogP contribution in [0.4, 0.5) is 0 Å². The normalized spacial score (nSPS) is 16.9. The molecule has 1 aliphatic heterocycles. The van der Waals surface area contributed by atoms with Gasteiger partial charge in [-0.05, 0) is 50.6 Å². The summed E-state index contributed by atoms with van der Waals surface area (Å²) < 4.78 is 0. The minimum atomic E-state index is -0.190. The Balaban J connectivity index is 1.78. The molecular weight excluding hydrogens is 372 g/mol. The summed E-state index contributed by atoms with van der Waals surface area (Å²) in [5, 5.41) is 0. The Kier molecular flexibility index (Phi) is 6.08. The van der Waals surface area contributed by atoms with Crippen LogP contribution in [0, 0.1) is 19.8 Å². The largest absolute Gasteiger partial charge is 0.355 e. The highest BCUT2D eigenvalue weighted by Crippen LogP contribution is 2.26. The van der Waals surface area contributed by atoms with Crippen molar-refractivity contribution in [3.8, 4) is 0 Å². The molecule has 0 bridgehead atoms. The molecular formula is C22H26N2O3S. The molecule has 1 N–H and O–H groups in total. The highest BCUT2D eigenvalue weighted by Gasteiger charge is 2.31. The first-order valence-corrected chi connectivity index (χ1v) is 10.7. The van der Waals surface area contributed by atoms with Crippen LogP contribution in [-0.2, 0) is 0 Å². The van der Waals surface area contributed by atoms with E-state index in [1.807, 2.05) is 37.4 Å². The molecule has 1 atom stereocenters. The number of nitrogens with zero attached hydrogens (tertiary/aromatic N) is 1. The number of Topliss-reactive ketones (excluding diaryl/α,β-unsaturated/α-hetero) is 2. The van der Waals surface area contributed by atoms with E-state index in [4.69, 9.17) is 0 Å². The molecule has 0 aliphatic carbocycles. The second-order valence-electron chi connectivity index (χ2n) is 7.36. The van der Waals surface area contributed by atoms with Crippen molar-refractivity contribution in [2.45, 2.75) is 38.5 Å². The summed E-state index contributed by atoms with van der Waals surface area (Å²) in [5.74, 6) is -0.282. The molecule has 1 saturated heterocycles. The number of aryl methyl sites for hydroxylation is 1. The number of carbonyl (C=O) groups excluding carboxylic acids is 3. The first-order valence-electron chi connectivity index (χ1n) is 9.51. The number of rotatable bonds is 5. The van der Waals surface area contributed by atoms with Crippen LogP contribution >= 0.6 is 11.8 Å². The van der Waals surface area contributed by atoms with E-state index >= 15 is 0 Å². The summed E-state index contributed by atoms with van der Waals surface area (Å²) >= 11 is 1.64. The monoisotopic (exact) mass is 398 g/mol. The number of aromatic amines is 1. The molecule has 2 aromatic rings. The van der Waals surface area contributed by atoms with Gasteiger partial charge < -0.3 is 9.88 Å². The lowest BCUT2D eigenvalue weighted by atomic mass is 9.89. The van der Waals surface area contributed by atoms with Gasteiger partial charge in [-0.15, -0.1) is 11.8 Å². The van der Waals surface area contributed by atoms with Crippen molar-refractivity contribution >= 4 is 29.2 Å². The fraction of sp³-hybridized carbons (Fsp3) is 0.409. The SMILES string of the molecule is CSc1ccc(C(=O)C2CCCN(C(=O)c3c(C)[nH]c(C(C)=O)c3C)C2)cc1. The quantitative estimate of drug-likeness (QED) is 0.602. The molecule has 6 heteroatoms. The van der Waals surface area contributed by atoms with Gasteiger partial charge >= 0.3 is 0 Å². The Morgan fingerprint density at radius 2 is 1.82 bits per heavy atom. The minimum Gasteiger partial charge on any atom is -0.355 e. The summed E-state index contributed by atoms with van der Waals surface area (Å²) in [5.41, 5.74) is 3.14. The molecule has 0 radical (unpaired) electrons. The van der Waals surface area contributed by atoms with Crippen LogP contribution in [0.1, 0.15) is 62.2 Å². The van der Waals surface area contributed by atoms with E-state index in [1.165, 1.54) is 6.92 Å². The average Bonchev–Trinajstić information content (AvgIpc) is 3.01. The van der Waals surface area contributed by atoms with Crippen LogP contribution in [0.5, 0.6) is 0 Å². The molecule has 1 amide bonds. The van der Waals surface area contributed by atoms with Crippen molar-refractivity contribution in [3.05, 3.63) is 52.3 Å². The Bertz CT molecular complexity index is 915. The zero-order chi connectivity index (χ0) is 20.4. The van der Waals surface area contributed by atoms with E-state index in [1.54, 1.807) is 23.6 Å². The Morgan fingerprint density at radius 1 is 1.14 bits per heavy atom. The van der Waals surface area contributed by atoms with Crippen LogP contribution in [-0.4, -0.2) is 46.7 Å². The Morgan fingerprint density at radius 3 is 2.39 bits per heavy atom. The van der Waals surface area contributed by atoms with Crippen LogP contribution in [0.3, 0.4) is 0 Å². The van der Waals surface area contributed by atoms with Gasteiger partial charge in [0.2, 0.25) is 0 Å². The van der Waals surface area contributed by atoms with Crippen LogP contribution in [0.25, 0.3) is 0 Å². The molecule has 1 aromatic heterocycles. The van der Waals surface area contributed by atoms with Gasteiger partial charge in [-0.3, -0.25) is 14.4 Å². The van der Waals surface area contributed by atoms with Gasteiger partial charge in [-0.1, -0.05) is 12.1 Å². The van der Waals surface area contributed by atoms with Crippen molar-refractivity contribution in [3.63, 3.8) is 0 Å². The van der Waals surface area contributed by atoms with Crippen molar-refractivity contribution in [2.24, 2.45) is 5.92 Å². The highest BCUT2D eigenvalue weighted by molar-refractivity contribution is 7.98. The summed E-state index contributed by atoms with van der Waals surface area (Å²) in [6, 6.07) is 7.65. The predicted molar refractivity (Wildman–Crippen MR) is 111 cm³/mol. The van der Waals surface area contributed by atoms with Crippen molar-refractivity contribution in [1.29, 1.82) is 0 Å². The number of likely N-dealkylation sites (tertiary alicyclic amines) is 1. The maximum absolute atomic E-state index is 13.1. The fourth-order valence-electron chi connectivity index (χ4n) is 3.95. The third-order valence-corrected chi connectivity index (χ3v) is 6.20. The first-order chi connectivity index (χ1) is 13.3. The third-order valence-electron chi connectivity index (χ3n) is 5.46. The lowest BCUT2D eigenvalue weighted by Crippen LogP contribution is -2.42. The lowest BCUT2D eigenvalue weighted by molar-refractivity contribution is 0.0636. The zero-order valence-electron chi connectivity index (χ0n) is 16.8. The predicted octanol–water partition coefficient (Wildman–Crippen LogP) is 4.29. The number of amides is 1. The van der Waals surface area contributed by atoms with E-state index < -0.39 is 0 Å². The van der Waals surface area contributed by atoms with Crippen molar-refractivity contribution < 1.29 is 14.4 Å². The number of nitrogens with one attached hydrogen (secondary N) is 1. The Hall–Kier alpha value is -2.34. The molecule has 0 saturated carbocycles. The second kappa shape index (κ2) is 8.35. The van der Waals surface area contributed by atoms with Crippen molar-refractivity contribution in [1.82, 2.24) is 9.88 Å². The number of hydrogen-bond donors (Lipinski definition) is 1. The number of thioether (sulfide) groups is 1. The molecule has 3 rings (SSSR count). The van der Waals surface area contributed by atoms with Crippen LogP contribution in [0.15, 0.2) is 29.2 Å². The molecule has 1 aromatic carbocycles. The highest BCUT2D eigenvalue weighted by atomic mass is 32.2. The van der Waals surface area contributed by atoms with E-state index in [9.17, 15) is 14.4 Å². The van der Waals surface area contributed by atoms with Crippen LogP contribution in [0.2, 0.25) is 0 Å². The molecule has 5 nitrogen and oxygen atoms in total. The number of H-pyrrole nitrogens is 1. The maximum Gasteiger partial charge on any atom is 0.255 e. The van der Waals surface area contributed by atoms with Gasteiger partial charge in [-0.25, -0.2) is 0 Å². The molecule has 2 heterocycles. The zero-order valence-corrected chi connectivity index (χ0v) is 17.6. The molecule has 1 unspecified atom stereocenters. The van der Waals surface area contributed by atoms with Gasteiger partial charge in [0.1, 0.15) is 0 Å². The number of ketones is 2. The molecule has 1 aliphatic rings. The average molecular weight is 399 g/mol. The van der Waals surface area contributed by atoms with E-state index in [-0.39, 0.29) is 23.4 Å². The molecule has 1 fully saturated rings. The van der Waals surface area contributed by atoms with Gasteiger partial charge in [0.05, 0.1) is 11.3 Å². The van der Waals surface area contributed by atoms with Gasteiger partial charge in [0, 0.05) is 42.1 Å². The second-order valence-corrected chi connectivity index (χ2v) is 8.24. The number of piperidine rings is 1. The fourth-order valence-corrected chi connectivity index (χ4v) is 4.36. The number of aromatic nitrogens is 1. The summed E-state index contributed by atoms with van der Waals surface area (Å²) in [4.78, 5) is 43.8. The summed E-state index contributed by atoms with van der Waals surface area (Å²) in [7, 11) is 0. The number of carbonyl (C=O) groups is 3. The van der Waals surface area contributed by atoms with E-state index in [0.717, 1.165) is 17.7 Å². The van der Waals surface area contributed by atoms with Gasteiger partial charge in [0.15, 0.2) is 11.6 Å². The minimum absolute atomic E-state index is 0.0833. The smallest absolute Gasteiger partial charge is 0.255 e. The standard InChI is InChI=1S/C22H26N2O3S/c1-13-19(14(2)23-20(13)15(3)25)22(27)24-11-5-6-17(12-24)21(26)16-7-9-18(28-4)10-8-16/h7-10,17,23H,5-6,11-12H2,1-4H3. The van der Waals surface area contributed by atoms with Gasteiger partial charge in [-0.2, -0.15) is 0 Å². The maximum atomic E-state index is 13.1. The van der Waals surface area contributed by atoms with Gasteiger partial charge in [0.25, 0.3) is 5.91 Å². The topological polar surface area (TPSA) is 70.2 Å². The first kappa shape index (κ1) is 20.4. The number of benzene rings is 1. The Labute approximate surface area is 169 Å².